The molecule has 1 aromatic heterocycles. The number of ether oxygens (including phenoxy) is 1. The molecule has 0 radical (unpaired) electrons. The first-order chi connectivity index (χ1) is 15.5. The van der Waals surface area contributed by atoms with Crippen LogP contribution in [0.1, 0.15) is 33.1 Å². The van der Waals surface area contributed by atoms with Gasteiger partial charge in [0, 0.05) is 17.8 Å². The third kappa shape index (κ3) is 4.32. The van der Waals surface area contributed by atoms with E-state index in [0.717, 1.165) is 0 Å². The Bertz CT molecular complexity index is 1150. The minimum atomic E-state index is -0.535. The number of hydrogen-bond donors (Lipinski definition) is 1. The summed E-state index contributed by atoms with van der Waals surface area (Å²) in [6.45, 7) is 4.49. The third-order valence-corrected chi connectivity index (χ3v) is 6.40. The molecule has 2 aliphatic carbocycles. The molecular formula is C23H24ClFN4O3. The van der Waals surface area contributed by atoms with Gasteiger partial charge in [-0.15, -0.1) is 0 Å². The van der Waals surface area contributed by atoms with Crippen LogP contribution in [0.2, 0.25) is 5.02 Å². The lowest BCUT2D eigenvalue weighted by molar-refractivity contribution is -0.385. The number of fused-ring (bicyclic) bond motifs is 2. The molecule has 0 aliphatic heterocycles. The summed E-state index contributed by atoms with van der Waals surface area (Å²) in [6.07, 6.45) is 5.09. The maximum absolute atomic E-state index is 13.4. The number of hydrogen-bond acceptors (Lipinski definition) is 6. The van der Waals surface area contributed by atoms with E-state index in [1.807, 2.05) is 13.8 Å². The molecule has 0 amide bonds. The molecule has 1 N–H and O–H groups in total. The Morgan fingerprint density at radius 3 is 2.66 bits per heavy atom. The minimum absolute atomic E-state index is 0.0372. The Morgan fingerprint density at radius 2 is 1.97 bits per heavy atom. The van der Waals surface area contributed by atoms with Crippen molar-refractivity contribution >= 4 is 39.7 Å². The molecule has 168 valence electrons. The summed E-state index contributed by atoms with van der Waals surface area (Å²) in [6, 6.07) is 7.15. The van der Waals surface area contributed by atoms with E-state index in [0.29, 0.717) is 46.8 Å². The molecule has 9 heteroatoms. The summed E-state index contributed by atoms with van der Waals surface area (Å²) in [7, 11) is 0. The molecule has 2 atom stereocenters. The molecule has 0 spiro atoms. The fourth-order valence-corrected chi connectivity index (χ4v) is 4.72. The lowest BCUT2D eigenvalue weighted by atomic mass is 10.1. The largest absolute Gasteiger partial charge is 0.486 e. The van der Waals surface area contributed by atoms with Crippen molar-refractivity contribution in [3.63, 3.8) is 0 Å². The first-order valence-corrected chi connectivity index (χ1v) is 11.2. The van der Waals surface area contributed by atoms with Gasteiger partial charge in [-0.05, 0) is 48.8 Å². The fourth-order valence-electron chi connectivity index (χ4n) is 4.54. The first kappa shape index (κ1) is 22.2. The molecule has 1 heterocycles. The van der Waals surface area contributed by atoms with Crippen LogP contribution in [-0.2, 0) is 0 Å². The lowest BCUT2D eigenvalue weighted by Crippen LogP contribution is -2.06. The maximum Gasteiger partial charge on any atom is 0.311 e. The highest BCUT2D eigenvalue weighted by Gasteiger charge is 2.52. The second-order valence-electron chi connectivity index (χ2n) is 7.80. The SMILES string of the molecule is CC.O=[N+]([O-])c1cc2c(Nc3ccc(F)c(Cl)c3)ncnc2cc1OCC1C2CCCC21. The minimum Gasteiger partial charge on any atom is -0.486 e. The second-order valence-corrected chi connectivity index (χ2v) is 8.21. The zero-order chi connectivity index (χ0) is 22.8. The van der Waals surface area contributed by atoms with E-state index < -0.39 is 10.7 Å². The highest BCUT2D eigenvalue weighted by molar-refractivity contribution is 6.31. The zero-order valence-electron chi connectivity index (χ0n) is 17.8. The van der Waals surface area contributed by atoms with Crippen LogP contribution < -0.4 is 10.1 Å². The third-order valence-electron chi connectivity index (χ3n) is 6.11. The van der Waals surface area contributed by atoms with Crippen LogP contribution in [0, 0.1) is 33.7 Å². The summed E-state index contributed by atoms with van der Waals surface area (Å²) in [5.74, 6) is 1.96. The van der Waals surface area contributed by atoms with Gasteiger partial charge in [-0.25, -0.2) is 14.4 Å². The van der Waals surface area contributed by atoms with Crippen molar-refractivity contribution in [3.05, 3.63) is 57.6 Å². The Labute approximate surface area is 190 Å². The van der Waals surface area contributed by atoms with Crippen molar-refractivity contribution in [2.24, 2.45) is 17.8 Å². The number of nitrogens with one attached hydrogen (secondary N) is 1. The molecule has 32 heavy (non-hydrogen) atoms. The van der Waals surface area contributed by atoms with Crippen LogP contribution in [0.15, 0.2) is 36.7 Å². The van der Waals surface area contributed by atoms with E-state index in [9.17, 15) is 14.5 Å². The first-order valence-electron chi connectivity index (χ1n) is 10.8. The Morgan fingerprint density at radius 1 is 1.22 bits per heavy atom. The Hall–Kier alpha value is -3.00. The number of nitro benzene ring substituents is 1. The van der Waals surface area contributed by atoms with Gasteiger partial charge < -0.3 is 10.1 Å². The van der Waals surface area contributed by atoms with E-state index in [2.05, 4.69) is 15.3 Å². The average molecular weight is 459 g/mol. The number of rotatable bonds is 6. The van der Waals surface area contributed by atoms with Crippen LogP contribution in [0.5, 0.6) is 5.75 Å². The van der Waals surface area contributed by atoms with Gasteiger partial charge in [0.15, 0.2) is 5.75 Å². The van der Waals surface area contributed by atoms with Crippen LogP contribution in [0.3, 0.4) is 0 Å². The summed E-state index contributed by atoms with van der Waals surface area (Å²) >= 11 is 5.83. The summed E-state index contributed by atoms with van der Waals surface area (Å²) in [5, 5.41) is 15.1. The Balaban J connectivity index is 0.00000119. The van der Waals surface area contributed by atoms with Crippen molar-refractivity contribution in [1.82, 2.24) is 9.97 Å². The molecule has 2 aromatic carbocycles. The standard InChI is InChI=1S/C21H18ClFN4O3.C2H6/c22-16-6-11(4-5-17(16)23)26-21-14-7-19(27(28)29)20(8-18(14)24-10-25-21)30-9-15-12-2-1-3-13(12)15;1-2/h4-8,10,12-13,15H,1-3,9H2,(H,24,25,26);1-2H3. The predicted molar refractivity (Wildman–Crippen MR) is 122 cm³/mol. The van der Waals surface area contributed by atoms with Crippen LogP contribution in [0.25, 0.3) is 10.9 Å². The topological polar surface area (TPSA) is 90.2 Å². The fraction of sp³-hybridized carbons (Fsp3) is 0.391. The van der Waals surface area contributed by atoms with E-state index in [1.165, 1.54) is 49.9 Å². The molecule has 7 nitrogen and oxygen atoms in total. The molecule has 2 fully saturated rings. The van der Waals surface area contributed by atoms with E-state index in [1.54, 1.807) is 6.07 Å². The van der Waals surface area contributed by atoms with E-state index in [4.69, 9.17) is 16.3 Å². The van der Waals surface area contributed by atoms with Gasteiger partial charge in [0.1, 0.15) is 18.0 Å². The van der Waals surface area contributed by atoms with Crippen LogP contribution in [-0.4, -0.2) is 21.5 Å². The Kier molecular flexibility index (Phi) is 6.41. The number of nitro groups is 1. The number of benzene rings is 2. The second kappa shape index (κ2) is 9.24. The van der Waals surface area contributed by atoms with Crippen molar-refractivity contribution in [2.45, 2.75) is 33.1 Å². The quantitative estimate of drug-likeness (QED) is 0.334. The van der Waals surface area contributed by atoms with Crippen molar-refractivity contribution < 1.29 is 14.1 Å². The van der Waals surface area contributed by atoms with Crippen molar-refractivity contribution in [2.75, 3.05) is 11.9 Å². The molecule has 0 bridgehead atoms. The number of aromatic nitrogens is 2. The van der Waals surface area contributed by atoms with E-state index >= 15 is 0 Å². The summed E-state index contributed by atoms with van der Waals surface area (Å²) in [4.78, 5) is 19.6. The summed E-state index contributed by atoms with van der Waals surface area (Å²) in [5.41, 5.74) is 0.880. The molecule has 2 aliphatic rings. The molecular weight excluding hydrogens is 435 g/mol. The van der Waals surface area contributed by atoms with Gasteiger partial charge in [0.05, 0.1) is 27.5 Å². The highest BCUT2D eigenvalue weighted by Crippen LogP contribution is 2.57. The maximum atomic E-state index is 13.4. The van der Waals surface area contributed by atoms with Crippen molar-refractivity contribution in [1.29, 1.82) is 0 Å². The van der Waals surface area contributed by atoms with Gasteiger partial charge in [0.2, 0.25) is 0 Å². The molecule has 3 aromatic rings. The number of nitrogens with zero attached hydrogens (tertiary/aromatic N) is 3. The molecule has 2 saturated carbocycles. The predicted octanol–water partition coefficient (Wildman–Crippen LogP) is 6.53. The van der Waals surface area contributed by atoms with Crippen LogP contribution >= 0.6 is 11.6 Å². The lowest BCUT2D eigenvalue weighted by Gasteiger charge is -2.12. The van der Waals surface area contributed by atoms with Crippen molar-refractivity contribution in [3.8, 4) is 5.75 Å². The van der Waals surface area contributed by atoms with Gasteiger partial charge in [0.25, 0.3) is 0 Å². The van der Waals surface area contributed by atoms with Crippen LogP contribution in [0.4, 0.5) is 21.6 Å². The normalized spacial score (nSPS) is 20.8. The number of anilines is 2. The monoisotopic (exact) mass is 458 g/mol. The zero-order valence-corrected chi connectivity index (χ0v) is 18.6. The smallest absolute Gasteiger partial charge is 0.311 e. The van der Waals surface area contributed by atoms with Gasteiger partial charge >= 0.3 is 5.69 Å². The van der Waals surface area contributed by atoms with Gasteiger partial charge in [-0.2, -0.15) is 0 Å². The average Bonchev–Trinajstić information content (AvgIpc) is 3.21. The number of halogens is 2. The summed E-state index contributed by atoms with van der Waals surface area (Å²) < 4.78 is 19.3. The van der Waals surface area contributed by atoms with E-state index in [-0.39, 0.29) is 16.5 Å². The molecule has 2 unspecified atom stereocenters. The van der Waals surface area contributed by atoms with Gasteiger partial charge in [-0.3, -0.25) is 10.1 Å². The molecule has 5 rings (SSSR count). The highest BCUT2D eigenvalue weighted by atomic mass is 35.5. The molecule has 0 saturated heterocycles. The van der Waals surface area contributed by atoms with Gasteiger partial charge in [-0.1, -0.05) is 31.9 Å².